The van der Waals surface area contributed by atoms with Crippen molar-refractivity contribution in [3.8, 4) is 0 Å². The van der Waals surface area contributed by atoms with Crippen LogP contribution in [0.1, 0.15) is 26.1 Å². The number of imidazole rings is 2. The summed E-state index contributed by atoms with van der Waals surface area (Å²) < 4.78 is 5.55. The molecule has 0 fully saturated rings. The lowest BCUT2D eigenvalue weighted by molar-refractivity contribution is 0.621. The normalized spacial score (nSPS) is 11.5. The van der Waals surface area contributed by atoms with Gasteiger partial charge in [-0.2, -0.15) is 0 Å². The number of hydrogen-bond acceptors (Lipinski definition) is 3. The van der Waals surface area contributed by atoms with Crippen molar-refractivity contribution < 1.29 is 0 Å². The molecule has 3 heterocycles. The van der Waals surface area contributed by atoms with E-state index < -0.39 is 0 Å². The van der Waals surface area contributed by atoms with Crippen LogP contribution >= 0.6 is 0 Å². The Labute approximate surface area is 151 Å². The van der Waals surface area contributed by atoms with Gasteiger partial charge in [0.1, 0.15) is 5.82 Å². The van der Waals surface area contributed by atoms with Gasteiger partial charge in [0.15, 0.2) is 0 Å². The van der Waals surface area contributed by atoms with E-state index in [2.05, 4.69) is 29.1 Å². The van der Waals surface area contributed by atoms with Gasteiger partial charge in [-0.15, -0.1) is 0 Å². The molecule has 0 aliphatic carbocycles. The predicted molar refractivity (Wildman–Crippen MR) is 104 cm³/mol. The maximum absolute atomic E-state index is 13.0. The van der Waals surface area contributed by atoms with Crippen molar-refractivity contribution in [3.63, 3.8) is 0 Å². The van der Waals surface area contributed by atoms with Crippen LogP contribution in [0, 0.1) is 0 Å². The number of aromatic nitrogens is 5. The van der Waals surface area contributed by atoms with E-state index in [-0.39, 0.29) is 5.69 Å². The summed E-state index contributed by atoms with van der Waals surface area (Å²) in [6.07, 6.45) is 4.41. The van der Waals surface area contributed by atoms with Crippen molar-refractivity contribution in [2.75, 3.05) is 0 Å². The quantitative estimate of drug-likeness (QED) is 0.555. The Hall–Kier alpha value is -3.15. The second-order valence-corrected chi connectivity index (χ2v) is 6.47. The summed E-state index contributed by atoms with van der Waals surface area (Å²) in [6, 6.07) is 9.92. The number of allylic oxidation sites excluding steroid dienone is 1. The van der Waals surface area contributed by atoms with Gasteiger partial charge in [0.05, 0.1) is 34.8 Å². The lowest BCUT2D eigenvalue weighted by Crippen LogP contribution is -2.25. The molecule has 0 aliphatic rings. The largest absolute Gasteiger partial charge is 0.333 e. The summed E-state index contributed by atoms with van der Waals surface area (Å²) in [5, 5.41) is 0. The van der Waals surface area contributed by atoms with E-state index in [1.807, 2.05) is 31.2 Å². The first kappa shape index (κ1) is 16.3. The number of aryl methyl sites for hydroxylation is 1. The molecular weight excluding hydrogens is 326 g/mol. The first-order valence-corrected chi connectivity index (χ1v) is 8.77. The molecule has 3 aromatic heterocycles. The van der Waals surface area contributed by atoms with E-state index in [0.29, 0.717) is 12.2 Å². The van der Waals surface area contributed by atoms with Crippen molar-refractivity contribution in [3.05, 3.63) is 65.6 Å². The molecule has 6 nitrogen and oxygen atoms in total. The van der Waals surface area contributed by atoms with Gasteiger partial charge in [-0.05, 0) is 31.5 Å². The number of fused-ring (bicyclic) bond motifs is 2. The fraction of sp³-hybridized carbons (Fsp3) is 0.250. The minimum atomic E-state index is -0.115. The van der Waals surface area contributed by atoms with Crippen LogP contribution in [0.15, 0.2) is 54.1 Å². The van der Waals surface area contributed by atoms with Crippen LogP contribution in [0.25, 0.3) is 27.8 Å². The number of rotatable bonds is 5. The maximum Gasteiger partial charge on any atom is 0.333 e. The highest BCUT2D eigenvalue weighted by Crippen LogP contribution is 2.20. The van der Waals surface area contributed by atoms with Crippen LogP contribution in [-0.2, 0) is 13.1 Å². The Bertz CT molecular complexity index is 1180. The van der Waals surface area contributed by atoms with Gasteiger partial charge < -0.3 is 4.57 Å². The van der Waals surface area contributed by atoms with Crippen molar-refractivity contribution in [1.82, 2.24) is 23.7 Å². The molecule has 0 unspecified atom stereocenters. The smallest absolute Gasteiger partial charge is 0.326 e. The van der Waals surface area contributed by atoms with E-state index in [1.54, 1.807) is 21.5 Å². The highest BCUT2D eigenvalue weighted by atomic mass is 16.1. The minimum Gasteiger partial charge on any atom is -0.326 e. The predicted octanol–water partition coefficient (Wildman–Crippen LogP) is 3.50. The Morgan fingerprint density at radius 1 is 1.12 bits per heavy atom. The third-order valence-corrected chi connectivity index (χ3v) is 4.59. The molecule has 0 bridgehead atoms. The third-order valence-electron chi connectivity index (χ3n) is 4.59. The molecule has 0 atom stereocenters. The van der Waals surface area contributed by atoms with E-state index in [0.717, 1.165) is 40.9 Å². The lowest BCUT2D eigenvalue weighted by Gasteiger charge is -2.08. The van der Waals surface area contributed by atoms with Gasteiger partial charge >= 0.3 is 5.69 Å². The number of hydrogen-bond donors (Lipinski definition) is 0. The highest BCUT2D eigenvalue weighted by molar-refractivity contribution is 5.79. The molecule has 0 saturated carbocycles. The number of para-hydroxylation sites is 2. The van der Waals surface area contributed by atoms with Crippen LogP contribution < -0.4 is 5.69 Å². The molecule has 4 rings (SSSR count). The van der Waals surface area contributed by atoms with Gasteiger partial charge in [-0.3, -0.25) is 14.1 Å². The SMILES string of the molecule is C=C(C)n1c(=O)n(Cc2nc3ccccc3n2CCC)c2cnccc21. The molecule has 0 spiro atoms. The van der Waals surface area contributed by atoms with Crippen molar-refractivity contribution in [2.45, 2.75) is 33.4 Å². The molecule has 0 amide bonds. The highest BCUT2D eigenvalue weighted by Gasteiger charge is 2.17. The number of nitrogens with zero attached hydrogens (tertiary/aromatic N) is 5. The molecule has 132 valence electrons. The molecule has 4 aromatic rings. The van der Waals surface area contributed by atoms with Gasteiger partial charge in [0.2, 0.25) is 0 Å². The van der Waals surface area contributed by atoms with Crippen LogP contribution in [-0.4, -0.2) is 23.7 Å². The van der Waals surface area contributed by atoms with Crippen LogP contribution in [0.4, 0.5) is 0 Å². The summed E-state index contributed by atoms with van der Waals surface area (Å²) in [7, 11) is 0. The van der Waals surface area contributed by atoms with E-state index in [9.17, 15) is 4.79 Å². The van der Waals surface area contributed by atoms with Gasteiger partial charge in [-0.1, -0.05) is 25.6 Å². The fourth-order valence-corrected chi connectivity index (χ4v) is 3.48. The molecule has 0 radical (unpaired) electrons. The summed E-state index contributed by atoms with van der Waals surface area (Å²) in [6.45, 7) is 9.18. The minimum absolute atomic E-state index is 0.115. The van der Waals surface area contributed by atoms with Gasteiger partial charge in [-0.25, -0.2) is 9.78 Å². The van der Waals surface area contributed by atoms with Crippen molar-refractivity contribution in [2.24, 2.45) is 0 Å². The zero-order valence-corrected chi connectivity index (χ0v) is 15.0. The van der Waals surface area contributed by atoms with Gasteiger partial charge in [0, 0.05) is 18.4 Å². The second kappa shape index (κ2) is 6.29. The Balaban J connectivity index is 1.93. The molecular formula is C20H21N5O. The second-order valence-electron chi connectivity index (χ2n) is 6.47. The van der Waals surface area contributed by atoms with Crippen LogP contribution in [0.3, 0.4) is 0 Å². The van der Waals surface area contributed by atoms with E-state index in [4.69, 9.17) is 4.98 Å². The molecule has 0 N–H and O–H groups in total. The summed E-state index contributed by atoms with van der Waals surface area (Å²) in [5.41, 5.74) is 4.22. The standard InChI is InChI=1S/C20H21N5O/c1-4-11-23-16-8-6-5-7-15(16)22-19(23)13-24-18-12-21-10-9-17(18)25(14(2)3)20(24)26/h5-10,12H,2,4,11,13H2,1,3H3. The third kappa shape index (κ3) is 2.45. The zero-order chi connectivity index (χ0) is 18.3. The molecule has 0 aliphatic heterocycles. The summed E-state index contributed by atoms with van der Waals surface area (Å²) >= 11 is 0. The Kier molecular flexibility index (Phi) is 3.95. The first-order chi connectivity index (χ1) is 12.6. The van der Waals surface area contributed by atoms with Crippen LogP contribution in [0.5, 0.6) is 0 Å². The molecule has 0 saturated heterocycles. The first-order valence-electron chi connectivity index (χ1n) is 8.77. The molecule has 1 aromatic carbocycles. The van der Waals surface area contributed by atoms with Crippen LogP contribution in [0.2, 0.25) is 0 Å². The van der Waals surface area contributed by atoms with Crippen molar-refractivity contribution in [1.29, 1.82) is 0 Å². The number of pyridine rings is 1. The Morgan fingerprint density at radius 3 is 2.69 bits per heavy atom. The lowest BCUT2D eigenvalue weighted by atomic mass is 10.3. The van der Waals surface area contributed by atoms with Gasteiger partial charge in [0.25, 0.3) is 0 Å². The summed E-state index contributed by atoms with van der Waals surface area (Å²) in [5.74, 6) is 0.875. The topological polar surface area (TPSA) is 57.6 Å². The van der Waals surface area contributed by atoms with Crippen molar-refractivity contribution >= 4 is 27.8 Å². The fourth-order valence-electron chi connectivity index (χ4n) is 3.48. The average Bonchev–Trinajstić information content (AvgIpc) is 3.12. The average molecular weight is 347 g/mol. The molecule has 26 heavy (non-hydrogen) atoms. The summed E-state index contributed by atoms with van der Waals surface area (Å²) in [4.78, 5) is 22.0. The monoisotopic (exact) mass is 347 g/mol. The zero-order valence-electron chi connectivity index (χ0n) is 15.0. The van der Waals surface area contributed by atoms with E-state index >= 15 is 0 Å². The number of benzene rings is 1. The maximum atomic E-state index is 13.0. The van der Waals surface area contributed by atoms with E-state index in [1.165, 1.54) is 0 Å². The molecule has 6 heteroatoms. The Morgan fingerprint density at radius 2 is 1.92 bits per heavy atom.